The fraction of sp³-hybridized carbons (Fsp3) is 0.950. The van der Waals surface area contributed by atoms with Gasteiger partial charge in [0.15, 0.2) is 0 Å². The molecule has 27 heavy (non-hydrogen) atoms. The maximum atomic E-state index is 11.6. The maximum Gasteiger partial charge on any atom is 0.305 e. The first kappa shape index (κ1) is 27.0. The molecule has 0 unspecified atom stereocenters. The summed E-state index contributed by atoms with van der Waals surface area (Å²) in [6, 6.07) is 0. The van der Waals surface area contributed by atoms with Gasteiger partial charge >= 0.3 is 5.97 Å². The van der Waals surface area contributed by atoms with Crippen molar-refractivity contribution < 1.29 is 28.5 Å². The molecule has 0 saturated carbocycles. The SMILES string of the molecule is CCCCCCCCCC(=O)OCCOCCOCCOCCOCCI. The molecule has 0 amide bonds. The van der Waals surface area contributed by atoms with E-state index in [1.54, 1.807) is 0 Å². The minimum Gasteiger partial charge on any atom is -0.463 e. The van der Waals surface area contributed by atoms with Gasteiger partial charge in [-0.25, -0.2) is 0 Å². The predicted molar refractivity (Wildman–Crippen MR) is 116 cm³/mol. The van der Waals surface area contributed by atoms with E-state index in [2.05, 4.69) is 29.5 Å². The van der Waals surface area contributed by atoms with E-state index in [-0.39, 0.29) is 5.97 Å². The summed E-state index contributed by atoms with van der Waals surface area (Å²) in [5.41, 5.74) is 0. The molecule has 0 spiro atoms. The van der Waals surface area contributed by atoms with Crippen LogP contribution in [0.3, 0.4) is 0 Å². The molecule has 162 valence electrons. The van der Waals surface area contributed by atoms with Gasteiger partial charge in [-0.05, 0) is 6.42 Å². The number of carbonyl (C=O) groups excluding carboxylic acids is 1. The third-order valence-electron chi connectivity index (χ3n) is 3.81. The minimum atomic E-state index is -0.122. The molecule has 0 fully saturated rings. The van der Waals surface area contributed by atoms with Gasteiger partial charge in [0.25, 0.3) is 0 Å². The first-order chi connectivity index (χ1) is 13.3. The highest BCUT2D eigenvalue weighted by atomic mass is 127. The lowest BCUT2D eigenvalue weighted by Gasteiger charge is -2.08. The number of hydrogen-bond donors (Lipinski definition) is 0. The second-order valence-electron chi connectivity index (χ2n) is 6.23. The fourth-order valence-corrected chi connectivity index (χ4v) is 2.64. The Labute approximate surface area is 179 Å². The average molecular weight is 502 g/mol. The molecule has 0 aromatic rings. The van der Waals surface area contributed by atoms with Crippen LogP contribution in [0.4, 0.5) is 0 Å². The molecule has 0 bridgehead atoms. The van der Waals surface area contributed by atoms with Crippen LogP contribution in [0.2, 0.25) is 0 Å². The lowest BCUT2D eigenvalue weighted by atomic mass is 10.1. The van der Waals surface area contributed by atoms with Gasteiger partial charge in [0.2, 0.25) is 0 Å². The molecule has 0 heterocycles. The van der Waals surface area contributed by atoms with E-state index in [0.29, 0.717) is 59.3 Å². The average Bonchev–Trinajstić information content (AvgIpc) is 2.67. The van der Waals surface area contributed by atoms with Crippen molar-refractivity contribution in [2.24, 2.45) is 0 Å². The summed E-state index contributed by atoms with van der Waals surface area (Å²) >= 11 is 2.27. The number of ether oxygens (including phenoxy) is 5. The molecule has 0 atom stereocenters. The second kappa shape index (κ2) is 24.1. The largest absolute Gasteiger partial charge is 0.463 e. The van der Waals surface area contributed by atoms with E-state index < -0.39 is 0 Å². The van der Waals surface area contributed by atoms with Crippen molar-refractivity contribution in [2.45, 2.75) is 58.3 Å². The van der Waals surface area contributed by atoms with Crippen LogP contribution in [-0.4, -0.2) is 69.9 Å². The van der Waals surface area contributed by atoms with Gasteiger partial charge < -0.3 is 23.7 Å². The first-order valence-corrected chi connectivity index (χ1v) is 11.9. The van der Waals surface area contributed by atoms with Crippen LogP contribution in [-0.2, 0) is 28.5 Å². The predicted octanol–water partition coefficient (Wildman–Crippen LogP) is 4.17. The van der Waals surface area contributed by atoms with Crippen molar-refractivity contribution in [3.05, 3.63) is 0 Å². The molecule has 7 heteroatoms. The Morgan fingerprint density at radius 1 is 0.630 bits per heavy atom. The molecule has 0 N–H and O–H groups in total. The Morgan fingerprint density at radius 3 is 1.59 bits per heavy atom. The topological polar surface area (TPSA) is 63.2 Å². The molecule has 0 aromatic carbocycles. The summed E-state index contributed by atoms with van der Waals surface area (Å²) in [7, 11) is 0. The number of esters is 1. The van der Waals surface area contributed by atoms with Crippen LogP contribution in [0.5, 0.6) is 0 Å². The smallest absolute Gasteiger partial charge is 0.305 e. The van der Waals surface area contributed by atoms with Crippen LogP contribution in [0.1, 0.15) is 58.3 Å². The zero-order valence-electron chi connectivity index (χ0n) is 17.1. The Morgan fingerprint density at radius 2 is 1.07 bits per heavy atom. The highest BCUT2D eigenvalue weighted by Crippen LogP contribution is 2.08. The number of hydrogen-bond acceptors (Lipinski definition) is 6. The maximum absolute atomic E-state index is 11.6. The van der Waals surface area contributed by atoms with Gasteiger partial charge in [-0.15, -0.1) is 0 Å². The van der Waals surface area contributed by atoms with Gasteiger partial charge in [-0.2, -0.15) is 0 Å². The Balaban J connectivity index is 3.11. The lowest BCUT2D eigenvalue weighted by molar-refractivity contribution is -0.145. The normalized spacial score (nSPS) is 11.0. The van der Waals surface area contributed by atoms with Crippen LogP contribution >= 0.6 is 22.6 Å². The quantitative estimate of drug-likeness (QED) is 0.0959. The zero-order chi connectivity index (χ0) is 19.8. The summed E-state index contributed by atoms with van der Waals surface area (Å²) in [6.45, 7) is 7.06. The van der Waals surface area contributed by atoms with E-state index in [0.717, 1.165) is 23.9 Å². The summed E-state index contributed by atoms with van der Waals surface area (Å²) in [5, 5.41) is 0. The number of rotatable bonds is 22. The molecule has 0 aliphatic carbocycles. The third-order valence-corrected chi connectivity index (χ3v) is 4.25. The van der Waals surface area contributed by atoms with Crippen molar-refractivity contribution in [1.82, 2.24) is 0 Å². The van der Waals surface area contributed by atoms with Gasteiger partial charge in [-0.1, -0.05) is 68.0 Å². The number of unbranched alkanes of at least 4 members (excludes halogenated alkanes) is 6. The van der Waals surface area contributed by atoms with Crippen molar-refractivity contribution in [1.29, 1.82) is 0 Å². The second-order valence-corrected chi connectivity index (χ2v) is 7.31. The van der Waals surface area contributed by atoms with Crippen molar-refractivity contribution >= 4 is 28.6 Å². The monoisotopic (exact) mass is 502 g/mol. The molecule has 0 aromatic heterocycles. The Kier molecular flexibility index (Phi) is 24.1. The van der Waals surface area contributed by atoms with Crippen LogP contribution in [0.25, 0.3) is 0 Å². The van der Waals surface area contributed by atoms with Crippen LogP contribution in [0.15, 0.2) is 0 Å². The molecule has 0 aliphatic rings. The van der Waals surface area contributed by atoms with Crippen molar-refractivity contribution in [2.75, 3.05) is 63.9 Å². The van der Waals surface area contributed by atoms with E-state index in [9.17, 15) is 4.79 Å². The number of carbonyl (C=O) groups is 1. The molecule has 0 rings (SSSR count). The van der Waals surface area contributed by atoms with Gasteiger partial charge in [0.05, 0.1) is 52.9 Å². The minimum absolute atomic E-state index is 0.122. The molecular weight excluding hydrogens is 463 g/mol. The lowest BCUT2D eigenvalue weighted by Crippen LogP contribution is -2.14. The summed E-state index contributed by atoms with van der Waals surface area (Å²) < 4.78 is 27.6. The Bertz CT molecular complexity index is 304. The van der Waals surface area contributed by atoms with Gasteiger partial charge in [0.1, 0.15) is 6.61 Å². The third kappa shape index (κ3) is 24.0. The molecule has 0 aliphatic heterocycles. The highest BCUT2D eigenvalue weighted by molar-refractivity contribution is 14.1. The summed E-state index contributed by atoms with van der Waals surface area (Å²) in [5.74, 6) is -0.122. The fourth-order valence-electron chi connectivity index (χ4n) is 2.33. The van der Waals surface area contributed by atoms with Gasteiger partial charge in [-0.3, -0.25) is 4.79 Å². The van der Waals surface area contributed by atoms with Crippen LogP contribution < -0.4 is 0 Å². The Hall–Kier alpha value is 0.0400. The van der Waals surface area contributed by atoms with Gasteiger partial charge in [0, 0.05) is 10.8 Å². The molecule has 0 saturated heterocycles. The number of halogens is 1. The molecule has 6 nitrogen and oxygen atoms in total. The summed E-state index contributed by atoms with van der Waals surface area (Å²) in [6.07, 6.45) is 8.93. The van der Waals surface area contributed by atoms with E-state index in [1.165, 1.54) is 32.1 Å². The van der Waals surface area contributed by atoms with E-state index in [4.69, 9.17) is 23.7 Å². The molecular formula is C20H39IO6. The standard InChI is InChI=1S/C20H39IO6/c1-2-3-4-5-6-7-8-9-20(22)27-19-18-26-17-16-25-15-14-24-13-12-23-11-10-21/h2-19H2,1H3. The van der Waals surface area contributed by atoms with E-state index >= 15 is 0 Å². The van der Waals surface area contributed by atoms with Crippen LogP contribution in [0, 0.1) is 0 Å². The zero-order valence-corrected chi connectivity index (χ0v) is 19.2. The first-order valence-electron chi connectivity index (χ1n) is 10.3. The molecule has 0 radical (unpaired) electrons. The van der Waals surface area contributed by atoms with Crippen molar-refractivity contribution in [3.63, 3.8) is 0 Å². The van der Waals surface area contributed by atoms with E-state index in [1.807, 2.05) is 0 Å². The highest BCUT2D eigenvalue weighted by Gasteiger charge is 2.02. The van der Waals surface area contributed by atoms with Crippen molar-refractivity contribution in [3.8, 4) is 0 Å². The summed E-state index contributed by atoms with van der Waals surface area (Å²) in [4.78, 5) is 11.6. The number of alkyl halides is 1.